The SMILES string of the molecule is CC1(S(=O)(=O)NC(=O)[C@]23NC(=O)[C@@H]4C[C@@H]5CN4C(=O)[C@H](CCCCC/C=C\[C@@H]2[I-]3)NC(=O)O[C@@H]2C[C@H]2CCCCCc2nc3ccccc3nc2O5)CC1. The van der Waals surface area contributed by atoms with E-state index in [1.54, 1.807) is 6.92 Å². The van der Waals surface area contributed by atoms with Crippen LogP contribution < -0.4 is 41.3 Å². The second kappa shape index (κ2) is 14.8. The summed E-state index contributed by atoms with van der Waals surface area (Å²) in [6.07, 6.45) is 12.0. The Morgan fingerprint density at radius 3 is 2.54 bits per heavy atom. The molecule has 3 bridgehead atoms. The van der Waals surface area contributed by atoms with Crippen molar-refractivity contribution in [1.29, 1.82) is 0 Å². The summed E-state index contributed by atoms with van der Waals surface area (Å²) in [5.74, 6) is -1.08. The molecule has 54 heavy (non-hydrogen) atoms. The first-order chi connectivity index (χ1) is 25.9. The van der Waals surface area contributed by atoms with Gasteiger partial charge in [-0.25, -0.2) is 0 Å². The number of nitrogens with one attached hydrogen (secondary N) is 3. The number of benzene rings is 1. The van der Waals surface area contributed by atoms with Gasteiger partial charge in [-0.05, 0) is 6.42 Å². The average Bonchev–Trinajstić information content (AvgIpc) is 4.10. The van der Waals surface area contributed by atoms with E-state index >= 15 is 0 Å². The number of allylic oxidation sites excluding steroid dienone is 1. The van der Waals surface area contributed by atoms with E-state index in [1.165, 1.54) is 4.90 Å². The van der Waals surface area contributed by atoms with Crippen LogP contribution in [0.4, 0.5) is 4.79 Å². The summed E-state index contributed by atoms with van der Waals surface area (Å²) >= 11 is -1.01. The topological polar surface area (TPSA) is 186 Å². The molecule has 16 heteroatoms. The molecule has 4 fully saturated rings. The molecule has 2 aromatic rings. The fraction of sp³-hybridized carbons (Fsp3) is 0.632. The average molecular weight is 876 g/mol. The Bertz CT molecular complexity index is 1980. The number of carbonyl (C=O) groups excluding carboxylic acids is 4. The first-order valence-electron chi connectivity index (χ1n) is 19.3. The van der Waals surface area contributed by atoms with Gasteiger partial charge in [0.25, 0.3) is 0 Å². The number of halogens is 1. The summed E-state index contributed by atoms with van der Waals surface area (Å²) in [6, 6.07) is 5.58. The number of sulfonamides is 1. The van der Waals surface area contributed by atoms with Crippen molar-refractivity contribution in [2.45, 2.75) is 133 Å². The van der Waals surface area contributed by atoms with E-state index in [0.29, 0.717) is 55.1 Å². The standard InChI is InChI=1S/C38H48IN6O8S/c1-37(18-19-37)54(50,51)44-35(48)38-31(39-38)17-9-4-2-3-7-16-28-34(47)45-22-24(21-29(45)32(46)43-38)52-33-27(40-25-13-10-11-14-26(25)41-33)15-8-5-6-12-23-20-30(23)53-36(49)42-28/h9-11,13-14,17,23-24,28-31H,2-8,12,15-16,18-22H2,1H3,(H,42,49)(H,43,46)(H,44,48)/q-1/b17-9-/t23-,24-,28+,29+,30-,31+,38-/m1/s1. The van der Waals surface area contributed by atoms with Gasteiger partial charge >= 0.3 is 308 Å². The van der Waals surface area contributed by atoms with Crippen molar-refractivity contribution in [2.75, 3.05) is 6.54 Å². The van der Waals surface area contributed by atoms with Crippen LogP contribution in [0.15, 0.2) is 36.4 Å². The summed E-state index contributed by atoms with van der Waals surface area (Å²) in [4.78, 5) is 67.3. The van der Waals surface area contributed by atoms with E-state index in [-0.39, 0.29) is 23.0 Å². The third-order valence-electron chi connectivity index (χ3n) is 11.7. The fourth-order valence-corrected chi connectivity index (χ4v) is 12.1. The molecule has 1 aromatic carbocycles. The van der Waals surface area contributed by atoms with E-state index in [9.17, 15) is 27.6 Å². The maximum absolute atomic E-state index is 14.6. The molecule has 3 N–H and O–H groups in total. The second-order valence-electron chi connectivity index (χ2n) is 15.8. The Morgan fingerprint density at radius 2 is 1.74 bits per heavy atom. The molecule has 2 saturated carbocycles. The van der Waals surface area contributed by atoms with Crippen molar-refractivity contribution in [3.63, 3.8) is 0 Å². The zero-order valence-corrected chi connectivity index (χ0v) is 33.4. The fourth-order valence-electron chi connectivity index (χ4n) is 7.81. The summed E-state index contributed by atoms with van der Waals surface area (Å²) < 4.78 is 38.3. The number of aryl methyl sites for hydroxylation is 1. The molecule has 2 aliphatic carbocycles. The summed E-state index contributed by atoms with van der Waals surface area (Å²) in [5.41, 5.74) is 2.14. The number of para-hydroxylation sites is 2. The number of fused-ring (bicyclic) bond motifs is 6. The Labute approximate surface area is 325 Å². The number of aromatic nitrogens is 2. The summed E-state index contributed by atoms with van der Waals surface area (Å²) in [6.45, 7) is 1.64. The van der Waals surface area contributed by atoms with E-state index < -0.39 is 81.5 Å². The van der Waals surface area contributed by atoms with Crippen LogP contribution in [0.1, 0.15) is 96.1 Å². The first kappa shape index (κ1) is 37.4. The molecule has 5 heterocycles. The molecular formula is C38H48IN6O8S-. The second-order valence-corrected chi connectivity index (χ2v) is 21.7. The van der Waals surface area contributed by atoms with Crippen molar-refractivity contribution < 1.29 is 58.3 Å². The quantitative estimate of drug-likeness (QED) is 0.169. The molecule has 0 spiro atoms. The molecule has 4 amide bonds. The number of amides is 4. The van der Waals surface area contributed by atoms with Crippen LogP contribution in [-0.2, 0) is 35.6 Å². The van der Waals surface area contributed by atoms with Gasteiger partial charge in [0.2, 0.25) is 0 Å². The minimum absolute atomic E-state index is 0.0348. The van der Waals surface area contributed by atoms with Crippen LogP contribution in [0, 0.1) is 5.92 Å². The van der Waals surface area contributed by atoms with Crippen molar-refractivity contribution >= 4 is 44.9 Å². The van der Waals surface area contributed by atoms with Gasteiger partial charge in [0, 0.05) is 0 Å². The zero-order valence-electron chi connectivity index (χ0n) is 30.4. The Morgan fingerprint density at radius 1 is 0.981 bits per heavy atom. The van der Waals surface area contributed by atoms with Crippen LogP contribution in [0.3, 0.4) is 0 Å². The molecule has 6 aliphatic rings. The van der Waals surface area contributed by atoms with Crippen LogP contribution in [0.5, 0.6) is 5.88 Å². The van der Waals surface area contributed by atoms with Crippen molar-refractivity contribution in [3.8, 4) is 5.88 Å². The number of rotatable bonds is 3. The monoisotopic (exact) mass is 875 g/mol. The maximum atomic E-state index is 14.6. The normalized spacial score (nSPS) is 33.5. The molecule has 14 nitrogen and oxygen atoms in total. The summed E-state index contributed by atoms with van der Waals surface area (Å²) in [5, 5.41) is 5.81. The molecule has 0 unspecified atom stereocenters. The third kappa shape index (κ3) is 7.78. The Hall–Kier alpha value is -3.54. The van der Waals surface area contributed by atoms with Gasteiger partial charge < -0.3 is 0 Å². The van der Waals surface area contributed by atoms with Gasteiger partial charge in [-0.3, -0.25) is 0 Å². The van der Waals surface area contributed by atoms with E-state index in [4.69, 9.17) is 19.4 Å². The molecule has 8 rings (SSSR count). The van der Waals surface area contributed by atoms with Gasteiger partial charge in [-0.15, -0.1) is 0 Å². The minimum atomic E-state index is -3.96. The third-order valence-corrected chi connectivity index (χ3v) is 17.6. The predicted octanol–water partition coefficient (Wildman–Crippen LogP) is 0.380. The number of nitrogens with zero attached hydrogens (tertiary/aromatic N) is 3. The van der Waals surface area contributed by atoms with Crippen LogP contribution in [-0.4, -0.2) is 90.2 Å². The molecule has 1 aromatic heterocycles. The Balaban J connectivity index is 1.12. The molecule has 4 aliphatic heterocycles. The van der Waals surface area contributed by atoms with Crippen molar-refractivity contribution in [3.05, 3.63) is 42.1 Å². The van der Waals surface area contributed by atoms with Crippen molar-refractivity contribution in [1.82, 2.24) is 30.2 Å². The molecule has 0 radical (unpaired) electrons. The van der Waals surface area contributed by atoms with Gasteiger partial charge in [-0.2, -0.15) is 0 Å². The van der Waals surface area contributed by atoms with Gasteiger partial charge in [-0.1, -0.05) is 12.5 Å². The number of hydrogen-bond acceptors (Lipinski definition) is 10. The molecular weight excluding hydrogens is 827 g/mol. The zero-order chi connectivity index (χ0) is 37.7. The van der Waals surface area contributed by atoms with E-state index in [2.05, 4.69) is 15.4 Å². The number of alkyl halides is 2. The van der Waals surface area contributed by atoms with Crippen molar-refractivity contribution in [2.24, 2.45) is 5.92 Å². The molecule has 292 valence electrons. The van der Waals surface area contributed by atoms with E-state index in [0.717, 1.165) is 56.9 Å². The number of carbonyl (C=O) groups is 4. The van der Waals surface area contributed by atoms with Crippen LogP contribution in [0.25, 0.3) is 11.0 Å². The van der Waals surface area contributed by atoms with E-state index in [1.807, 2.05) is 36.4 Å². The van der Waals surface area contributed by atoms with Crippen LogP contribution in [0.2, 0.25) is 0 Å². The molecule has 2 saturated heterocycles. The summed E-state index contributed by atoms with van der Waals surface area (Å²) in [7, 11) is -3.96. The van der Waals surface area contributed by atoms with Crippen LogP contribution >= 0.6 is 0 Å². The predicted molar refractivity (Wildman–Crippen MR) is 193 cm³/mol. The van der Waals surface area contributed by atoms with Gasteiger partial charge in [0.15, 0.2) is 0 Å². The number of ether oxygens (including phenoxy) is 2. The van der Waals surface area contributed by atoms with Gasteiger partial charge in [0.05, 0.1) is 0 Å². The molecule has 7 atom stereocenters. The first-order valence-corrected chi connectivity index (χ1v) is 23.2. The number of alkyl carbamates (subject to hydrolysis) is 1. The number of hydrogen-bond donors (Lipinski definition) is 3. The Kier molecular flexibility index (Phi) is 10.3. The van der Waals surface area contributed by atoms with Gasteiger partial charge in [0.1, 0.15) is 0 Å².